The lowest BCUT2D eigenvalue weighted by molar-refractivity contribution is 0.0520. The first-order valence-electron chi connectivity index (χ1n) is 4.33. The number of rotatable bonds is 5. The Labute approximate surface area is 88.0 Å². The van der Waals surface area contributed by atoms with Crippen LogP contribution in [0.1, 0.15) is 17.4 Å². The number of carbonyl (C=O) groups is 1. The van der Waals surface area contributed by atoms with E-state index in [2.05, 4.69) is 22.5 Å². The molecule has 0 spiro atoms. The highest BCUT2D eigenvalue weighted by atomic mass is 32.1. The molecular formula is C8H13N3O2S. The highest BCUT2D eigenvalue weighted by Gasteiger charge is 2.09. The summed E-state index contributed by atoms with van der Waals surface area (Å²) in [7, 11) is 0. The Kier molecular flexibility index (Phi) is 4.48. The van der Waals surface area contributed by atoms with Crippen LogP contribution in [0.3, 0.4) is 0 Å². The number of imidazole rings is 1. The summed E-state index contributed by atoms with van der Waals surface area (Å²) >= 11 is 3.86. The molecule has 0 aliphatic rings. The summed E-state index contributed by atoms with van der Waals surface area (Å²) in [5, 5.41) is 0. The van der Waals surface area contributed by atoms with Gasteiger partial charge in [-0.2, -0.15) is 0 Å². The van der Waals surface area contributed by atoms with Crippen molar-refractivity contribution in [3.8, 4) is 0 Å². The lowest BCUT2D eigenvalue weighted by atomic mass is 10.5. The van der Waals surface area contributed by atoms with Gasteiger partial charge in [0.1, 0.15) is 0 Å². The Bertz CT molecular complexity index is 301. The molecule has 0 bridgehead atoms. The van der Waals surface area contributed by atoms with E-state index in [1.54, 1.807) is 24.0 Å². The van der Waals surface area contributed by atoms with Crippen LogP contribution < -0.4 is 4.72 Å². The Morgan fingerprint density at radius 1 is 1.79 bits per heavy atom. The van der Waals surface area contributed by atoms with Crippen LogP contribution in [0.4, 0.5) is 0 Å². The van der Waals surface area contributed by atoms with Crippen molar-refractivity contribution < 1.29 is 9.53 Å². The number of nitrogens with one attached hydrogen (secondary N) is 1. The fourth-order valence-corrected chi connectivity index (χ4v) is 1.07. The fraction of sp³-hybridized carbons (Fsp3) is 0.500. The van der Waals surface area contributed by atoms with Crippen molar-refractivity contribution in [3.63, 3.8) is 0 Å². The van der Waals surface area contributed by atoms with Gasteiger partial charge >= 0.3 is 5.97 Å². The standard InChI is InChI=1S/C8H13N3O2S/c1-2-13-8(12)7-5-11(6-9-7)4-3-10-14/h5-6,10,14H,2-4H2,1H3. The average molecular weight is 215 g/mol. The molecule has 14 heavy (non-hydrogen) atoms. The van der Waals surface area contributed by atoms with E-state index in [0.717, 1.165) is 6.54 Å². The third kappa shape index (κ3) is 3.04. The summed E-state index contributed by atoms with van der Waals surface area (Å²) in [6, 6.07) is 0. The molecule has 1 rings (SSSR count). The van der Waals surface area contributed by atoms with E-state index in [-0.39, 0.29) is 5.97 Å². The van der Waals surface area contributed by atoms with Crippen molar-refractivity contribution in [1.82, 2.24) is 14.3 Å². The summed E-state index contributed by atoms with van der Waals surface area (Å²) in [6.45, 7) is 3.56. The average Bonchev–Trinajstić information content (AvgIpc) is 2.63. The minimum absolute atomic E-state index is 0.339. The Balaban J connectivity index is 2.54. The third-order valence-corrected chi connectivity index (χ3v) is 1.82. The number of hydrogen-bond acceptors (Lipinski definition) is 5. The summed E-state index contributed by atoms with van der Waals surface area (Å²) in [6.07, 6.45) is 3.25. The van der Waals surface area contributed by atoms with E-state index in [9.17, 15) is 4.79 Å². The number of nitrogens with zero attached hydrogens (tertiary/aromatic N) is 2. The molecule has 0 saturated heterocycles. The highest BCUT2D eigenvalue weighted by molar-refractivity contribution is 7.78. The number of hydrogen-bond donors (Lipinski definition) is 2. The van der Waals surface area contributed by atoms with Gasteiger partial charge in [0.15, 0.2) is 5.69 Å². The number of esters is 1. The molecule has 0 atom stereocenters. The van der Waals surface area contributed by atoms with Crippen molar-refractivity contribution >= 4 is 18.8 Å². The van der Waals surface area contributed by atoms with Crippen LogP contribution in [-0.4, -0.2) is 28.7 Å². The van der Waals surface area contributed by atoms with Gasteiger partial charge in [0.2, 0.25) is 0 Å². The number of carbonyl (C=O) groups excluding carboxylic acids is 1. The van der Waals surface area contributed by atoms with Crippen molar-refractivity contribution in [2.24, 2.45) is 0 Å². The molecule has 6 heteroatoms. The molecule has 1 aromatic rings. The van der Waals surface area contributed by atoms with E-state index in [0.29, 0.717) is 18.8 Å². The predicted molar refractivity (Wildman–Crippen MR) is 55.2 cm³/mol. The van der Waals surface area contributed by atoms with Crippen molar-refractivity contribution in [2.75, 3.05) is 13.2 Å². The van der Waals surface area contributed by atoms with Crippen LogP contribution >= 0.6 is 12.8 Å². The lowest BCUT2D eigenvalue weighted by Gasteiger charge is -1.99. The molecule has 0 radical (unpaired) electrons. The zero-order valence-corrected chi connectivity index (χ0v) is 8.83. The van der Waals surface area contributed by atoms with Crippen LogP contribution in [0.25, 0.3) is 0 Å². The molecule has 0 unspecified atom stereocenters. The van der Waals surface area contributed by atoms with E-state index in [4.69, 9.17) is 4.74 Å². The number of ether oxygens (including phenoxy) is 1. The Morgan fingerprint density at radius 2 is 2.57 bits per heavy atom. The van der Waals surface area contributed by atoms with Gasteiger partial charge < -0.3 is 9.30 Å². The maximum Gasteiger partial charge on any atom is 0.358 e. The van der Waals surface area contributed by atoms with Gasteiger partial charge in [-0.1, -0.05) is 12.8 Å². The van der Waals surface area contributed by atoms with Gasteiger partial charge in [0, 0.05) is 19.3 Å². The van der Waals surface area contributed by atoms with E-state index in [1.807, 2.05) is 0 Å². The molecular weight excluding hydrogens is 202 g/mol. The second-order valence-electron chi connectivity index (χ2n) is 2.63. The monoisotopic (exact) mass is 215 g/mol. The predicted octanol–water partition coefficient (Wildman–Crippen LogP) is 0.494. The summed E-state index contributed by atoms with van der Waals surface area (Å²) in [5.41, 5.74) is 0.339. The van der Waals surface area contributed by atoms with Gasteiger partial charge in [0.05, 0.1) is 12.9 Å². The molecule has 0 aliphatic heterocycles. The third-order valence-electron chi connectivity index (χ3n) is 1.60. The fourth-order valence-electron chi connectivity index (χ4n) is 0.972. The van der Waals surface area contributed by atoms with E-state index < -0.39 is 0 Å². The van der Waals surface area contributed by atoms with Crippen LogP contribution in [0.15, 0.2) is 12.5 Å². The number of aromatic nitrogens is 2. The topological polar surface area (TPSA) is 56.1 Å². The zero-order valence-electron chi connectivity index (χ0n) is 7.93. The minimum Gasteiger partial charge on any atom is -0.461 e. The highest BCUT2D eigenvalue weighted by Crippen LogP contribution is 1.98. The molecule has 1 N–H and O–H groups in total. The quantitative estimate of drug-likeness (QED) is 0.554. The van der Waals surface area contributed by atoms with Crippen LogP contribution in [0, 0.1) is 0 Å². The minimum atomic E-state index is -0.384. The van der Waals surface area contributed by atoms with Crippen LogP contribution in [0.5, 0.6) is 0 Å². The van der Waals surface area contributed by atoms with E-state index in [1.165, 1.54) is 0 Å². The van der Waals surface area contributed by atoms with Gasteiger partial charge in [-0.05, 0) is 6.92 Å². The second-order valence-corrected chi connectivity index (χ2v) is 2.94. The zero-order chi connectivity index (χ0) is 10.4. The van der Waals surface area contributed by atoms with Gasteiger partial charge in [-0.15, -0.1) is 0 Å². The summed E-state index contributed by atoms with van der Waals surface area (Å²) < 4.78 is 9.31. The van der Waals surface area contributed by atoms with Crippen molar-refractivity contribution in [3.05, 3.63) is 18.2 Å². The SMILES string of the molecule is CCOC(=O)c1cn(CCNS)cn1. The van der Waals surface area contributed by atoms with Gasteiger partial charge in [-0.3, -0.25) is 4.72 Å². The molecule has 0 amide bonds. The maximum absolute atomic E-state index is 11.2. The van der Waals surface area contributed by atoms with Crippen LogP contribution in [-0.2, 0) is 11.3 Å². The smallest absolute Gasteiger partial charge is 0.358 e. The second kappa shape index (κ2) is 5.66. The first-order valence-corrected chi connectivity index (χ1v) is 4.78. The molecule has 1 aromatic heterocycles. The number of thiol groups is 1. The molecule has 1 heterocycles. The van der Waals surface area contributed by atoms with Crippen molar-refractivity contribution in [2.45, 2.75) is 13.5 Å². The van der Waals surface area contributed by atoms with Gasteiger partial charge in [-0.25, -0.2) is 9.78 Å². The first-order chi connectivity index (χ1) is 6.77. The first kappa shape index (κ1) is 11.1. The maximum atomic E-state index is 11.2. The Morgan fingerprint density at radius 3 is 3.21 bits per heavy atom. The van der Waals surface area contributed by atoms with Gasteiger partial charge in [0.25, 0.3) is 0 Å². The molecule has 5 nitrogen and oxygen atoms in total. The summed E-state index contributed by atoms with van der Waals surface area (Å²) in [4.78, 5) is 15.1. The summed E-state index contributed by atoms with van der Waals surface area (Å²) in [5.74, 6) is -0.384. The molecule has 0 aromatic carbocycles. The Hall–Kier alpha value is -1.01. The van der Waals surface area contributed by atoms with E-state index >= 15 is 0 Å². The molecule has 0 fully saturated rings. The van der Waals surface area contributed by atoms with Crippen LogP contribution in [0.2, 0.25) is 0 Å². The molecule has 0 saturated carbocycles. The largest absolute Gasteiger partial charge is 0.461 e. The normalized spacial score (nSPS) is 10.1. The van der Waals surface area contributed by atoms with Crippen molar-refractivity contribution in [1.29, 1.82) is 0 Å². The molecule has 0 aliphatic carbocycles. The lowest BCUT2D eigenvalue weighted by Crippen LogP contribution is -2.09. The molecule has 78 valence electrons.